The van der Waals surface area contributed by atoms with Gasteiger partial charge in [0.05, 0.1) is 35.8 Å². The summed E-state index contributed by atoms with van der Waals surface area (Å²) in [6, 6.07) is 4.57. The van der Waals surface area contributed by atoms with Crippen molar-refractivity contribution in [3.05, 3.63) is 24.0 Å². The first kappa shape index (κ1) is 26.7. The van der Waals surface area contributed by atoms with Gasteiger partial charge in [-0.15, -0.1) is 5.10 Å². The minimum Gasteiger partial charge on any atom is -0.474 e. The molecule has 0 spiro atoms. The second-order valence-corrected chi connectivity index (χ2v) is 12.0. The van der Waals surface area contributed by atoms with Crippen LogP contribution in [0.25, 0.3) is 11.4 Å². The lowest BCUT2D eigenvalue weighted by Crippen LogP contribution is -2.61. The Balaban J connectivity index is 1.42. The Labute approximate surface area is 229 Å². The fraction of sp³-hybridized carbons (Fsp3) is 0.593. The molecule has 3 aromatic rings. The van der Waals surface area contributed by atoms with E-state index < -0.39 is 0 Å². The Morgan fingerprint density at radius 1 is 1.10 bits per heavy atom. The number of nitrogens with zero attached hydrogens (tertiary/aromatic N) is 9. The summed E-state index contributed by atoms with van der Waals surface area (Å²) >= 11 is 0. The number of piperidine rings is 1. The average Bonchev–Trinajstić information content (AvgIpc) is 3.59. The third-order valence-corrected chi connectivity index (χ3v) is 7.64. The van der Waals surface area contributed by atoms with Crippen LogP contribution in [0.5, 0.6) is 5.88 Å². The number of nitriles is 1. The Morgan fingerprint density at radius 2 is 1.82 bits per heavy atom. The van der Waals surface area contributed by atoms with Crippen LogP contribution in [0.15, 0.2) is 18.5 Å². The molecule has 39 heavy (non-hydrogen) atoms. The lowest BCUT2D eigenvalue weighted by atomic mass is 9.77. The fourth-order valence-electron chi connectivity index (χ4n) is 5.36. The van der Waals surface area contributed by atoms with Gasteiger partial charge in [-0.3, -0.25) is 4.90 Å². The summed E-state index contributed by atoms with van der Waals surface area (Å²) in [7, 11) is 2.17. The maximum absolute atomic E-state index is 9.75. The topological polar surface area (TPSA) is 143 Å². The van der Waals surface area contributed by atoms with Gasteiger partial charge in [0.15, 0.2) is 5.82 Å². The monoisotopic (exact) mass is 531 g/mol. The molecule has 0 amide bonds. The quantitative estimate of drug-likeness (QED) is 0.429. The van der Waals surface area contributed by atoms with E-state index in [4.69, 9.17) is 9.72 Å². The van der Waals surface area contributed by atoms with Crippen LogP contribution in [0, 0.1) is 11.3 Å². The predicted molar refractivity (Wildman–Crippen MR) is 148 cm³/mol. The summed E-state index contributed by atoms with van der Waals surface area (Å²) in [5, 5.41) is 28.9. The molecule has 12 heteroatoms. The summed E-state index contributed by atoms with van der Waals surface area (Å²) in [5.74, 6) is 1.94. The second-order valence-electron chi connectivity index (χ2n) is 12.0. The minimum atomic E-state index is -0.0645. The highest BCUT2D eigenvalue weighted by atomic mass is 16.5. The van der Waals surface area contributed by atoms with Gasteiger partial charge in [0.1, 0.15) is 17.5 Å². The summed E-state index contributed by atoms with van der Waals surface area (Å²) in [6.45, 7) is 12.9. The molecular weight excluding hydrogens is 494 g/mol. The van der Waals surface area contributed by atoms with Gasteiger partial charge in [0.2, 0.25) is 11.8 Å². The van der Waals surface area contributed by atoms with E-state index in [-0.39, 0.29) is 23.2 Å². The second kappa shape index (κ2) is 10.0. The number of rotatable bonds is 8. The van der Waals surface area contributed by atoms with Crippen LogP contribution in [-0.2, 0) is 0 Å². The molecule has 2 N–H and O–H groups in total. The highest BCUT2D eigenvalue weighted by molar-refractivity contribution is 5.69. The Bertz CT molecular complexity index is 1370. The van der Waals surface area contributed by atoms with Crippen LogP contribution in [0.4, 0.5) is 17.5 Å². The van der Waals surface area contributed by atoms with Gasteiger partial charge in [-0.05, 0) is 90.8 Å². The summed E-state index contributed by atoms with van der Waals surface area (Å²) in [6.07, 6.45) is 7.08. The van der Waals surface area contributed by atoms with Gasteiger partial charge in [-0.25, -0.2) is 14.6 Å². The molecule has 3 aromatic heterocycles. The molecule has 12 nitrogen and oxygen atoms in total. The summed E-state index contributed by atoms with van der Waals surface area (Å²) in [4.78, 5) is 16.1. The van der Waals surface area contributed by atoms with E-state index in [0.29, 0.717) is 46.3 Å². The van der Waals surface area contributed by atoms with Gasteiger partial charge in [-0.2, -0.15) is 10.2 Å². The zero-order valence-electron chi connectivity index (χ0n) is 23.7. The van der Waals surface area contributed by atoms with E-state index in [9.17, 15) is 5.26 Å². The summed E-state index contributed by atoms with van der Waals surface area (Å²) in [5.41, 5.74) is 1.74. The minimum absolute atomic E-state index is 0.00190. The number of hydrogen-bond donors (Lipinski definition) is 2. The maximum Gasteiger partial charge on any atom is 0.229 e. The van der Waals surface area contributed by atoms with Crippen molar-refractivity contribution in [1.82, 2.24) is 40.1 Å². The first-order valence-electron chi connectivity index (χ1n) is 13.5. The lowest BCUT2D eigenvalue weighted by Gasteiger charge is -2.53. The third-order valence-electron chi connectivity index (χ3n) is 7.64. The van der Waals surface area contributed by atoms with Crippen molar-refractivity contribution < 1.29 is 4.74 Å². The van der Waals surface area contributed by atoms with Crippen LogP contribution in [0.2, 0.25) is 0 Å². The van der Waals surface area contributed by atoms with Crippen LogP contribution >= 0.6 is 0 Å². The molecule has 5 rings (SSSR count). The maximum atomic E-state index is 9.75. The van der Waals surface area contributed by atoms with Gasteiger partial charge >= 0.3 is 0 Å². The molecule has 1 saturated heterocycles. The van der Waals surface area contributed by atoms with Crippen molar-refractivity contribution in [2.45, 2.75) is 96.5 Å². The van der Waals surface area contributed by atoms with Crippen molar-refractivity contribution in [3.8, 4) is 23.3 Å². The van der Waals surface area contributed by atoms with E-state index >= 15 is 0 Å². The molecular formula is C27H37N11O. The van der Waals surface area contributed by atoms with E-state index in [1.165, 1.54) is 0 Å². The SMILES string of the molecule is CC(C)Oc1ncc(Nc2ncc(C#N)c(NC3CC(C)(C)N(C)C(C)(C)C3)n2)cc1-c1nnnn1C1CC1. The van der Waals surface area contributed by atoms with Crippen LogP contribution in [0.3, 0.4) is 0 Å². The van der Waals surface area contributed by atoms with E-state index in [1.54, 1.807) is 12.4 Å². The molecule has 0 radical (unpaired) electrons. The zero-order chi connectivity index (χ0) is 27.9. The molecule has 0 unspecified atom stereocenters. The molecule has 4 heterocycles. The number of nitrogens with one attached hydrogen (secondary N) is 2. The average molecular weight is 532 g/mol. The number of anilines is 3. The number of pyridine rings is 1. The van der Waals surface area contributed by atoms with Crippen molar-refractivity contribution in [2.75, 3.05) is 17.7 Å². The van der Waals surface area contributed by atoms with Crippen molar-refractivity contribution in [3.63, 3.8) is 0 Å². The first-order chi connectivity index (χ1) is 18.5. The van der Waals surface area contributed by atoms with Gasteiger partial charge < -0.3 is 15.4 Å². The smallest absolute Gasteiger partial charge is 0.229 e. The number of tetrazole rings is 1. The largest absolute Gasteiger partial charge is 0.474 e. The Kier molecular flexibility index (Phi) is 6.88. The molecule has 1 aliphatic carbocycles. The Morgan fingerprint density at radius 3 is 2.46 bits per heavy atom. The van der Waals surface area contributed by atoms with Gasteiger partial charge in [0, 0.05) is 17.1 Å². The number of hydrogen-bond acceptors (Lipinski definition) is 11. The van der Waals surface area contributed by atoms with E-state index in [2.05, 4.69) is 81.8 Å². The summed E-state index contributed by atoms with van der Waals surface area (Å²) < 4.78 is 7.81. The van der Waals surface area contributed by atoms with Crippen molar-refractivity contribution in [2.24, 2.45) is 0 Å². The van der Waals surface area contributed by atoms with Crippen LogP contribution in [-0.4, -0.2) is 70.3 Å². The van der Waals surface area contributed by atoms with E-state index in [1.807, 2.05) is 24.6 Å². The highest BCUT2D eigenvalue weighted by Gasteiger charge is 2.43. The number of aromatic nitrogens is 7. The molecule has 1 aliphatic heterocycles. The Hall–Kier alpha value is -3.85. The van der Waals surface area contributed by atoms with Crippen molar-refractivity contribution >= 4 is 17.5 Å². The molecule has 2 fully saturated rings. The molecule has 206 valence electrons. The van der Waals surface area contributed by atoms with Gasteiger partial charge in [0.25, 0.3) is 0 Å². The molecule has 1 saturated carbocycles. The molecule has 0 aromatic carbocycles. The van der Waals surface area contributed by atoms with Gasteiger partial charge in [-0.1, -0.05) is 0 Å². The normalized spacial score (nSPS) is 19.1. The lowest BCUT2D eigenvalue weighted by molar-refractivity contribution is -0.00773. The van der Waals surface area contributed by atoms with E-state index in [0.717, 1.165) is 25.7 Å². The first-order valence-corrected chi connectivity index (χ1v) is 13.5. The predicted octanol–water partition coefficient (Wildman–Crippen LogP) is 4.33. The standard InChI is InChI=1S/C27H37N11O/c1-16(2)39-24-21(23-34-35-36-38(23)20-8-9-20)10-18(15-29-24)32-25-30-14-17(13-28)22(33-25)31-19-11-26(3,4)37(7)27(5,6)12-19/h10,14-16,19-20H,8-9,11-12H2,1-7H3,(H2,30,31,32,33). The zero-order valence-corrected chi connectivity index (χ0v) is 23.7. The van der Waals surface area contributed by atoms with Crippen molar-refractivity contribution in [1.29, 1.82) is 5.26 Å². The number of likely N-dealkylation sites (tertiary alicyclic amines) is 1. The molecule has 2 aliphatic rings. The molecule has 0 atom stereocenters. The highest BCUT2D eigenvalue weighted by Crippen LogP contribution is 2.40. The van der Waals surface area contributed by atoms with Crippen LogP contribution < -0.4 is 15.4 Å². The third kappa shape index (κ3) is 5.63. The molecule has 0 bridgehead atoms. The fourth-order valence-corrected chi connectivity index (χ4v) is 5.36. The van der Waals surface area contributed by atoms with Crippen LogP contribution in [0.1, 0.15) is 78.8 Å². The number of ether oxygens (including phenoxy) is 1.